The van der Waals surface area contributed by atoms with Crippen LogP contribution in [0.2, 0.25) is 0 Å². The molecule has 0 bridgehead atoms. The number of aromatic nitrogens is 3. The maximum absolute atomic E-state index is 13.3. The van der Waals surface area contributed by atoms with Crippen molar-refractivity contribution < 1.29 is 19.0 Å². The molecule has 0 spiro atoms. The van der Waals surface area contributed by atoms with E-state index in [-0.39, 0.29) is 23.9 Å². The Balaban J connectivity index is 1.62. The molecule has 0 aliphatic carbocycles. The van der Waals surface area contributed by atoms with Crippen molar-refractivity contribution in [2.45, 2.75) is 39.2 Å². The molecular weight excluding hydrogens is 412 g/mol. The zero-order valence-corrected chi connectivity index (χ0v) is 19.0. The highest BCUT2D eigenvalue weighted by atomic mass is 16.5. The summed E-state index contributed by atoms with van der Waals surface area (Å²) in [5.74, 6) is 1.51. The first-order valence-electron chi connectivity index (χ1n) is 10.5. The zero-order valence-electron chi connectivity index (χ0n) is 19.0. The van der Waals surface area contributed by atoms with Crippen molar-refractivity contribution in [3.8, 4) is 17.2 Å². The molecule has 1 aliphatic rings. The second-order valence-corrected chi connectivity index (χ2v) is 7.99. The second kappa shape index (κ2) is 8.57. The van der Waals surface area contributed by atoms with Gasteiger partial charge in [0.2, 0.25) is 11.7 Å². The number of rotatable bonds is 6. The maximum Gasteiger partial charge on any atom is 0.275 e. The fourth-order valence-electron chi connectivity index (χ4n) is 4.31. The molecule has 1 aromatic carbocycles. The van der Waals surface area contributed by atoms with E-state index in [1.807, 2.05) is 17.9 Å². The van der Waals surface area contributed by atoms with E-state index < -0.39 is 0 Å². The summed E-state index contributed by atoms with van der Waals surface area (Å²) in [7, 11) is 4.65. The van der Waals surface area contributed by atoms with Crippen molar-refractivity contribution >= 4 is 11.6 Å². The number of H-pyrrole nitrogens is 1. The van der Waals surface area contributed by atoms with Crippen molar-refractivity contribution in [1.82, 2.24) is 19.5 Å². The number of hydrogen-bond acceptors (Lipinski definition) is 6. The Morgan fingerprint density at radius 2 is 1.81 bits per heavy atom. The van der Waals surface area contributed by atoms with Crippen LogP contribution >= 0.6 is 0 Å². The molecule has 0 radical (unpaired) electrons. The van der Waals surface area contributed by atoms with E-state index in [1.54, 1.807) is 40.4 Å². The standard InChI is InChI=1S/C23H28N4O5/c1-13-14(2)24-20-12-16(25-27(20)23(13)29)17-7-6-8-26(17)21(28)11-15-9-18(30-3)22(32-5)19(10-15)31-4/h9-10,12,17,25H,6-8,11H2,1-5H3. The molecule has 1 fully saturated rings. The molecule has 1 amide bonds. The number of methoxy groups -OCH3 is 3. The number of benzene rings is 1. The highest BCUT2D eigenvalue weighted by molar-refractivity contribution is 5.80. The van der Waals surface area contributed by atoms with Crippen molar-refractivity contribution in [2.75, 3.05) is 27.9 Å². The topological polar surface area (TPSA) is 98.2 Å². The van der Waals surface area contributed by atoms with Gasteiger partial charge in [-0.3, -0.25) is 14.7 Å². The average molecular weight is 441 g/mol. The van der Waals surface area contributed by atoms with Crippen LogP contribution in [-0.2, 0) is 11.2 Å². The maximum atomic E-state index is 13.3. The average Bonchev–Trinajstić information content (AvgIpc) is 3.44. The van der Waals surface area contributed by atoms with Gasteiger partial charge in [0.25, 0.3) is 5.56 Å². The molecule has 32 heavy (non-hydrogen) atoms. The first-order valence-corrected chi connectivity index (χ1v) is 10.5. The molecule has 1 aliphatic heterocycles. The summed E-state index contributed by atoms with van der Waals surface area (Å²) in [5, 5.41) is 3.17. The van der Waals surface area contributed by atoms with Gasteiger partial charge in [0, 0.05) is 23.9 Å². The van der Waals surface area contributed by atoms with Crippen LogP contribution in [0.4, 0.5) is 0 Å². The predicted octanol–water partition coefficient (Wildman–Crippen LogP) is 2.57. The molecule has 1 atom stereocenters. The van der Waals surface area contributed by atoms with E-state index in [9.17, 15) is 9.59 Å². The molecule has 0 saturated carbocycles. The van der Waals surface area contributed by atoms with E-state index in [4.69, 9.17) is 14.2 Å². The van der Waals surface area contributed by atoms with Gasteiger partial charge in [-0.25, -0.2) is 9.50 Å². The van der Waals surface area contributed by atoms with Gasteiger partial charge >= 0.3 is 0 Å². The summed E-state index contributed by atoms with van der Waals surface area (Å²) in [6, 6.07) is 5.32. The lowest BCUT2D eigenvalue weighted by molar-refractivity contribution is -0.131. The monoisotopic (exact) mass is 440 g/mol. The van der Waals surface area contributed by atoms with Crippen LogP contribution in [-0.4, -0.2) is 53.3 Å². The number of nitrogens with zero attached hydrogens (tertiary/aromatic N) is 3. The molecule has 9 nitrogen and oxygen atoms in total. The number of aryl methyl sites for hydroxylation is 1. The van der Waals surface area contributed by atoms with E-state index in [1.165, 1.54) is 4.52 Å². The van der Waals surface area contributed by atoms with E-state index >= 15 is 0 Å². The van der Waals surface area contributed by atoms with Crippen LogP contribution in [0.1, 0.15) is 41.4 Å². The number of hydrogen-bond donors (Lipinski definition) is 1. The number of ether oxygens (including phenoxy) is 3. The lowest BCUT2D eigenvalue weighted by Crippen LogP contribution is -2.32. The first-order chi connectivity index (χ1) is 15.4. The number of amides is 1. The van der Waals surface area contributed by atoms with Crippen molar-refractivity contribution in [3.63, 3.8) is 0 Å². The number of carbonyl (C=O) groups excluding carboxylic acids is 1. The number of carbonyl (C=O) groups is 1. The van der Waals surface area contributed by atoms with E-state index in [0.29, 0.717) is 40.7 Å². The Kier molecular flexibility index (Phi) is 5.82. The summed E-state index contributed by atoms with van der Waals surface area (Å²) >= 11 is 0. The minimum atomic E-state index is -0.133. The molecule has 3 aromatic rings. The highest BCUT2D eigenvalue weighted by Gasteiger charge is 2.32. The fourth-order valence-corrected chi connectivity index (χ4v) is 4.31. The van der Waals surface area contributed by atoms with Gasteiger partial charge in [-0.15, -0.1) is 0 Å². The van der Waals surface area contributed by atoms with Crippen LogP contribution in [0, 0.1) is 13.8 Å². The Hall–Kier alpha value is -3.49. The van der Waals surface area contributed by atoms with Gasteiger partial charge < -0.3 is 19.1 Å². The van der Waals surface area contributed by atoms with Crippen LogP contribution < -0.4 is 19.8 Å². The fraction of sp³-hybridized carbons (Fsp3) is 0.435. The Morgan fingerprint density at radius 1 is 1.12 bits per heavy atom. The Bertz CT molecular complexity index is 1200. The highest BCUT2D eigenvalue weighted by Crippen LogP contribution is 2.39. The summed E-state index contributed by atoms with van der Waals surface area (Å²) in [6.07, 6.45) is 1.91. The Labute approximate surface area is 185 Å². The van der Waals surface area contributed by atoms with Gasteiger partial charge in [0.05, 0.1) is 39.5 Å². The van der Waals surface area contributed by atoms with Gasteiger partial charge in [0.1, 0.15) is 0 Å². The minimum Gasteiger partial charge on any atom is -0.493 e. The van der Waals surface area contributed by atoms with Crippen molar-refractivity contribution in [2.24, 2.45) is 0 Å². The lowest BCUT2D eigenvalue weighted by Gasteiger charge is -2.24. The summed E-state index contributed by atoms with van der Waals surface area (Å²) in [6.45, 7) is 4.25. The number of fused-ring (bicyclic) bond motifs is 1. The van der Waals surface area contributed by atoms with Gasteiger partial charge in [0.15, 0.2) is 17.1 Å². The second-order valence-electron chi connectivity index (χ2n) is 7.99. The zero-order chi connectivity index (χ0) is 23.0. The van der Waals surface area contributed by atoms with Gasteiger partial charge in [-0.1, -0.05) is 0 Å². The third kappa shape index (κ3) is 3.68. The molecule has 1 saturated heterocycles. The van der Waals surface area contributed by atoms with Crippen molar-refractivity contribution in [1.29, 1.82) is 0 Å². The number of nitrogens with one attached hydrogen (secondary N) is 1. The van der Waals surface area contributed by atoms with Crippen LogP contribution in [0.5, 0.6) is 17.2 Å². The summed E-state index contributed by atoms with van der Waals surface area (Å²) in [5.41, 5.74) is 3.36. The number of likely N-dealkylation sites (tertiary alicyclic amines) is 1. The quantitative estimate of drug-likeness (QED) is 0.633. The van der Waals surface area contributed by atoms with E-state index in [0.717, 1.165) is 24.1 Å². The number of aromatic amines is 1. The molecule has 2 aromatic heterocycles. The lowest BCUT2D eigenvalue weighted by atomic mass is 10.1. The molecule has 1 N–H and O–H groups in total. The smallest absolute Gasteiger partial charge is 0.275 e. The van der Waals surface area contributed by atoms with Gasteiger partial charge in [-0.05, 0) is 44.4 Å². The molecule has 9 heteroatoms. The minimum absolute atomic E-state index is 0.00639. The SMILES string of the molecule is COc1cc(CC(=O)N2CCCC2c2cc3nc(C)c(C)c(=O)n3[nH]2)cc(OC)c1OC. The third-order valence-electron chi connectivity index (χ3n) is 6.12. The van der Waals surface area contributed by atoms with Crippen LogP contribution in [0.3, 0.4) is 0 Å². The molecule has 170 valence electrons. The third-order valence-corrected chi connectivity index (χ3v) is 6.12. The Morgan fingerprint density at radius 3 is 2.44 bits per heavy atom. The summed E-state index contributed by atoms with van der Waals surface area (Å²) in [4.78, 5) is 32.2. The van der Waals surface area contributed by atoms with Crippen LogP contribution in [0.25, 0.3) is 5.65 Å². The molecule has 3 heterocycles. The molecule has 4 rings (SSSR count). The van der Waals surface area contributed by atoms with E-state index in [2.05, 4.69) is 10.1 Å². The van der Waals surface area contributed by atoms with Gasteiger partial charge in [-0.2, -0.15) is 0 Å². The summed E-state index contributed by atoms with van der Waals surface area (Å²) < 4.78 is 17.6. The van der Waals surface area contributed by atoms with Crippen molar-refractivity contribution in [3.05, 3.63) is 51.1 Å². The normalized spacial score (nSPS) is 15.9. The largest absolute Gasteiger partial charge is 0.493 e. The first kappa shape index (κ1) is 21.7. The van der Waals surface area contributed by atoms with Crippen LogP contribution in [0.15, 0.2) is 23.0 Å². The molecular formula is C23H28N4O5. The predicted molar refractivity (Wildman–Crippen MR) is 119 cm³/mol. The molecule has 1 unspecified atom stereocenters.